The number of aromatic nitrogens is 4. The van der Waals surface area contributed by atoms with Gasteiger partial charge in [-0.3, -0.25) is 0 Å². The van der Waals surface area contributed by atoms with E-state index in [2.05, 4.69) is 33.0 Å². The number of hydrogen-bond acceptors (Lipinski definition) is 5. The number of aryl methyl sites for hydroxylation is 2. The fraction of sp³-hybridized carbons (Fsp3) is 0.316. The Kier molecular flexibility index (Phi) is 5.13. The molecule has 0 amide bonds. The third-order valence-corrected chi connectivity index (χ3v) is 4.77. The summed E-state index contributed by atoms with van der Waals surface area (Å²) >= 11 is 6.01. The number of hydrogen-bond donors (Lipinski definition) is 1. The van der Waals surface area contributed by atoms with Gasteiger partial charge in [-0.15, -0.1) is 5.10 Å². The third kappa shape index (κ3) is 4.20. The van der Waals surface area contributed by atoms with Crippen molar-refractivity contribution in [2.24, 2.45) is 0 Å². The molecule has 1 atom stereocenters. The Morgan fingerprint density at radius 1 is 1.12 bits per heavy atom. The summed E-state index contributed by atoms with van der Waals surface area (Å²) in [5.41, 5.74) is 1.19. The Morgan fingerprint density at radius 2 is 1.96 bits per heavy atom. The zero-order chi connectivity index (χ0) is 17.8. The lowest BCUT2D eigenvalue weighted by molar-refractivity contribution is 0.434. The predicted molar refractivity (Wildman–Crippen MR) is 99.4 cm³/mol. The highest BCUT2D eigenvalue weighted by atomic mass is 35.5. The van der Waals surface area contributed by atoms with Gasteiger partial charge in [-0.1, -0.05) is 29.8 Å². The average molecular weight is 370 g/mol. The van der Waals surface area contributed by atoms with E-state index < -0.39 is 0 Å². The summed E-state index contributed by atoms with van der Waals surface area (Å²) in [6, 6.07) is 16.0. The van der Waals surface area contributed by atoms with Gasteiger partial charge in [0.25, 0.3) is 0 Å². The quantitative estimate of drug-likeness (QED) is 0.744. The largest absolute Gasteiger partial charge is 0.457 e. The van der Waals surface area contributed by atoms with Crippen LogP contribution in [0.4, 0.5) is 0 Å². The topological polar surface area (TPSA) is 64.9 Å². The highest BCUT2D eigenvalue weighted by Crippen LogP contribution is 2.25. The first kappa shape index (κ1) is 17.0. The zero-order valence-corrected chi connectivity index (χ0v) is 15.1. The zero-order valence-electron chi connectivity index (χ0n) is 14.3. The molecule has 2 heterocycles. The molecule has 1 aliphatic rings. The molecule has 26 heavy (non-hydrogen) atoms. The smallest absolute Gasteiger partial charge is 0.151 e. The highest BCUT2D eigenvalue weighted by molar-refractivity contribution is 6.30. The summed E-state index contributed by atoms with van der Waals surface area (Å²) in [5, 5.41) is 16.1. The minimum atomic E-state index is 0.441. The van der Waals surface area contributed by atoms with Gasteiger partial charge in [0.1, 0.15) is 11.5 Å². The maximum atomic E-state index is 6.01. The van der Waals surface area contributed by atoms with Gasteiger partial charge in [0, 0.05) is 30.6 Å². The van der Waals surface area contributed by atoms with E-state index in [1.165, 1.54) is 5.56 Å². The van der Waals surface area contributed by atoms with Gasteiger partial charge in [-0.05, 0) is 59.2 Å². The Hall–Kier alpha value is -2.44. The molecule has 0 fully saturated rings. The maximum Gasteiger partial charge on any atom is 0.151 e. The van der Waals surface area contributed by atoms with Crippen molar-refractivity contribution in [2.75, 3.05) is 0 Å². The number of halogens is 1. The van der Waals surface area contributed by atoms with E-state index in [-0.39, 0.29) is 0 Å². The van der Waals surface area contributed by atoms with Crippen LogP contribution in [0.1, 0.15) is 24.2 Å². The number of ether oxygens (including phenoxy) is 1. The standard InChI is InChI=1S/C19H20ClN5O/c20-15-4-2-6-18(12-15)26-17-5-1-3-14(11-17)13-21-16-7-8-19-22-23-24-25(19)10-9-16/h1-6,11-12,16,21H,7-10,13H2. The van der Waals surface area contributed by atoms with Gasteiger partial charge in [-0.25, -0.2) is 4.68 Å². The lowest BCUT2D eigenvalue weighted by Gasteiger charge is -2.16. The first-order valence-electron chi connectivity index (χ1n) is 8.77. The summed E-state index contributed by atoms with van der Waals surface area (Å²) < 4.78 is 7.81. The summed E-state index contributed by atoms with van der Waals surface area (Å²) in [7, 11) is 0. The van der Waals surface area contributed by atoms with Crippen molar-refractivity contribution < 1.29 is 4.74 Å². The molecule has 1 unspecified atom stereocenters. The lowest BCUT2D eigenvalue weighted by Crippen LogP contribution is -2.29. The van der Waals surface area contributed by atoms with Gasteiger partial charge in [-0.2, -0.15) is 0 Å². The second-order valence-corrected chi connectivity index (χ2v) is 6.87. The van der Waals surface area contributed by atoms with Gasteiger partial charge < -0.3 is 10.1 Å². The van der Waals surface area contributed by atoms with E-state index in [1.54, 1.807) is 0 Å². The third-order valence-electron chi connectivity index (χ3n) is 4.54. The van der Waals surface area contributed by atoms with Crippen LogP contribution in [0.5, 0.6) is 11.5 Å². The number of nitrogens with one attached hydrogen (secondary N) is 1. The molecule has 0 saturated heterocycles. The predicted octanol–water partition coefficient (Wildman–Crippen LogP) is 3.61. The fourth-order valence-corrected chi connectivity index (χ4v) is 3.33. The Bertz CT molecular complexity index is 859. The first-order valence-corrected chi connectivity index (χ1v) is 9.15. The molecule has 7 heteroatoms. The molecule has 1 aromatic heterocycles. The molecule has 1 aliphatic heterocycles. The number of rotatable bonds is 5. The van der Waals surface area contributed by atoms with Crippen molar-refractivity contribution in [3.8, 4) is 11.5 Å². The summed E-state index contributed by atoms with van der Waals surface area (Å²) in [4.78, 5) is 0. The Balaban J connectivity index is 1.34. The minimum absolute atomic E-state index is 0.441. The van der Waals surface area contributed by atoms with E-state index >= 15 is 0 Å². The van der Waals surface area contributed by atoms with Crippen molar-refractivity contribution in [3.63, 3.8) is 0 Å². The van der Waals surface area contributed by atoms with Crippen molar-refractivity contribution in [1.29, 1.82) is 0 Å². The van der Waals surface area contributed by atoms with Crippen LogP contribution in [-0.4, -0.2) is 26.2 Å². The van der Waals surface area contributed by atoms with E-state index in [1.807, 2.05) is 41.1 Å². The maximum absolute atomic E-state index is 6.01. The van der Waals surface area contributed by atoms with Gasteiger partial charge in [0.05, 0.1) is 0 Å². The van der Waals surface area contributed by atoms with Crippen LogP contribution in [0.3, 0.4) is 0 Å². The van der Waals surface area contributed by atoms with E-state index in [0.717, 1.165) is 49.7 Å². The molecule has 0 radical (unpaired) electrons. The van der Waals surface area contributed by atoms with Crippen molar-refractivity contribution in [1.82, 2.24) is 25.5 Å². The summed E-state index contributed by atoms with van der Waals surface area (Å²) in [5.74, 6) is 2.52. The van der Waals surface area contributed by atoms with Crippen LogP contribution in [0.15, 0.2) is 48.5 Å². The second-order valence-electron chi connectivity index (χ2n) is 6.43. The summed E-state index contributed by atoms with van der Waals surface area (Å²) in [6.07, 6.45) is 2.97. The van der Waals surface area contributed by atoms with Crippen LogP contribution in [-0.2, 0) is 19.5 Å². The Labute approximate surface area is 157 Å². The molecule has 0 spiro atoms. The van der Waals surface area contributed by atoms with Gasteiger partial charge >= 0.3 is 0 Å². The van der Waals surface area contributed by atoms with Gasteiger partial charge in [0.15, 0.2) is 5.82 Å². The van der Waals surface area contributed by atoms with E-state index in [4.69, 9.17) is 16.3 Å². The fourth-order valence-electron chi connectivity index (χ4n) is 3.15. The van der Waals surface area contributed by atoms with Crippen molar-refractivity contribution in [3.05, 3.63) is 64.9 Å². The molecule has 4 rings (SSSR count). The molecule has 6 nitrogen and oxygen atoms in total. The monoisotopic (exact) mass is 369 g/mol. The molecular formula is C19H20ClN5O. The molecule has 0 saturated carbocycles. The van der Waals surface area contributed by atoms with Crippen molar-refractivity contribution in [2.45, 2.75) is 38.4 Å². The van der Waals surface area contributed by atoms with Gasteiger partial charge in [0.2, 0.25) is 0 Å². The molecular weight excluding hydrogens is 350 g/mol. The average Bonchev–Trinajstić information content (AvgIpc) is 3.00. The summed E-state index contributed by atoms with van der Waals surface area (Å²) in [6.45, 7) is 1.66. The van der Waals surface area contributed by atoms with Crippen LogP contribution >= 0.6 is 11.6 Å². The van der Waals surface area contributed by atoms with Crippen LogP contribution < -0.4 is 10.1 Å². The number of benzene rings is 2. The number of fused-ring (bicyclic) bond motifs is 1. The van der Waals surface area contributed by atoms with Crippen molar-refractivity contribution >= 4 is 11.6 Å². The highest BCUT2D eigenvalue weighted by Gasteiger charge is 2.17. The molecule has 2 aromatic carbocycles. The molecule has 3 aromatic rings. The molecule has 134 valence electrons. The first-order chi connectivity index (χ1) is 12.8. The molecule has 0 aliphatic carbocycles. The lowest BCUT2D eigenvalue weighted by atomic mass is 10.1. The van der Waals surface area contributed by atoms with E-state index in [0.29, 0.717) is 11.1 Å². The van der Waals surface area contributed by atoms with Crippen LogP contribution in [0.2, 0.25) is 5.02 Å². The molecule has 0 bridgehead atoms. The normalized spacial score (nSPS) is 16.7. The van der Waals surface area contributed by atoms with Crippen LogP contribution in [0.25, 0.3) is 0 Å². The number of tetrazole rings is 1. The van der Waals surface area contributed by atoms with E-state index in [9.17, 15) is 0 Å². The number of nitrogens with zero attached hydrogens (tertiary/aromatic N) is 4. The van der Waals surface area contributed by atoms with Crippen LogP contribution in [0, 0.1) is 0 Å². The Morgan fingerprint density at radius 3 is 2.85 bits per heavy atom. The molecule has 1 N–H and O–H groups in total. The SMILES string of the molecule is Clc1cccc(Oc2cccc(CNC3CCc4nnnn4CC3)c2)c1. The second kappa shape index (κ2) is 7.85. The minimum Gasteiger partial charge on any atom is -0.457 e.